The highest BCUT2D eigenvalue weighted by Crippen LogP contribution is 2.09. The number of rotatable bonds is 9. The van der Waals surface area contributed by atoms with Gasteiger partial charge in [-0.15, -0.1) is 0 Å². The number of hydrogen-bond donors (Lipinski definition) is 1. The van der Waals surface area contributed by atoms with E-state index in [2.05, 4.69) is 47.6 Å². The highest BCUT2D eigenvalue weighted by molar-refractivity contribution is 7.98. The Bertz CT molecular complexity index is 331. The Morgan fingerprint density at radius 1 is 1.44 bits per heavy atom. The molecule has 1 N–H and O–H groups in total. The number of thioether (sulfide) groups is 1. The van der Waals surface area contributed by atoms with Gasteiger partial charge in [-0.25, -0.2) is 4.98 Å². The Hall–Kier alpha value is -0.740. The summed E-state index contributed by atoms with van der Waals surface area (Å²) in [5, 5.41) is 3.33. The molecule has 0 bridgehead atoms. The van der Waals surface area contributed by atoms with Gasteiger partial charge in [-0.05, 0) is 56.1 Å². The van der Waals surface area contributed by atoms with Gasteiger partial charge in [-0.3, -0.25) is 0 Å². The fraction of sp³-hybridized carbons (Fsp3) is 0.643. The maximum Gasteiger partial charge on any atom is 0.126 e. The van der Waals surface area contributed by atoms with E-state index in [1.807, 2.05) is 18.0 Å². The van der Waals surface area contributed by atoms with Crippen LogP contribution in [0.2, 0.25) is 0 Å². The van der Waals surface area contributed by atoms with Crippen LogP contribution >= 0.6 is 11.8 Å². The standard InChI is InChI=1S/C14H25N3S/c1-4-7-15-14-11-13(6-8-16-14)12-17(2)9-5-10-18-3/h6,8,11H,4-5,7,9-10,12H2,1-3H3,(H,15,16). The molecule has 0 amide bonds. The molecule has 0 aromatic carbocycles. The summed E-state index contributed by atoms with van der Waals surface area (Å²) in [5.74, 6) is 2.23. The first-order chi connectivity index (χ1) is 8.76. The van der Waals surface area contributed by atoms with Gasteiger partial charge in [0.2, 0.25) is 0 Å². The fourth-order valence-corrected chi connectivity index (χ4v) is 2.21. The average molecular weight is 267 g/mol. The van der Waals surface area contributed by atoms with Crippen molar-refractivity contribution >= 4 is 17.6 Å². The van der Waals surface area contributed by atoms with Gasteiger partial charge >= 0.3 is 0 Å². The minimum absolute atomic E-state index is 0.986. The Kier molecular flexibility index (Phi) is 7.85. The molecule has 1 heterocycles. The van der Waals surface area contributed by atoms with E-state index in [4.69, 9.17) is 0 Å². The number of hydrogen-bond acceptors (Lipinski definition) is 4. The summed E-state index contributed by atoms with van der Waals surface area (Å²) >= 11 is 1.91. The second-order valence-electron chi connectivity index (χ2n) is 4.56. The second-order valence-corrected chi connectivity index (χ2v) is 5.55. The van der Waals surface area contributed by atoms with Crippen LogP contribution in [0.5, 0.6) is 0 Å². The lowest BCUT2D eigenvalue weighted by molar-refractivity contribution is 0.328. The summed E-state index contributed by atoms with van der Waals surface area (Å²) in [6.45, 7) is 5.30. The van der Waals surface area contributed by atoms with Crippen molar-refractivity contribution in [3.8, 4) is 0 Å². The third kappa shape index (κ3) is 6.26. The summed E-state index contributed by atoms with van der Waals surface area (Å²) in [7, 11) is 2.18. The molecule has 0 radical (unpaired) electrons. The Balaban J connectivity index is 2.40. The van der Waals surface area contributed by atoms with Crippen LogP contribution < -0.4 is 5.32 Å². The van der Waals surface area contributed by atoms with Crippen molar-refractivity contribution in [2.75, 3.05) is 37.5 Å². The molecule has 0 aliphatic rings. The molecule has 4 heteroatoms. The van der Waals surface area contributed by atoms with Crippen LogP contribution in [-0.4, -0.2) is 42.0 Å². The Morgan fingerprint density at radius 2 is 2.28 bits per heavy atom. The summed E-state index contributed by atoms with van der Waals surface area (Å²) in [6, 6.07) is 4.25. The number of nitrogens with zero attached hydrogens (tertiary/aromatic N) is 2. The third-order valence-electron chi connectivity index (χ3n) is 2.72. The first-order valence-corrected chi connectivity index (χ1v) is 8.02. The first kappa shape index (κ1) is 15.3. The number of nitrogens with one attached hydrogen (secondary N) is 1. The van der Waals surface area contributed by atoms with Crippen LogP contribution in [0.25, 0.3) is 0 Å². The SMILES string of the molecule is CCCNc1cc(CN(C)CCCSC)ccn1. The number of anilines is 1. The predicted molar refractivity (Wildman–Crippen MR) is 82.4 cm³/mol. The quantitative estimate of drug-likeness (QED) is 0.696. The largest absolute Gasteiger partial charge is 0.370 e. The van der Waals surface area contributed by atoms with E-state index in [1.165, 1.54) is 17.7 Å². The van der Waals surface area contributed by atoms with Crippen molar-refractivity contribution in [1.82, 2.24) is 9.88 Å². The lowest BCUT2D eigenvalue weighted by atomic mass is 10.2. The van der Waals surface area contributed by atoms with E-state index in [0.717, 1.165) is 31.9 Å². The van der Waals surface area contributed by atoms with Gasteiger partial charge in [0.15, 0.2) is 0 Å². The van der Waals surface area contributed by atoms with Crippen molar-refractivity contribution in [1.29, 1.82) is 0 Å². The van der Waals surface area contributed by atoms with Gasteiger partial charge in [0.25, 0.3) is 0 Å². The van der Waals surface area contributed by atoms with Crippen molar-refractivity contribution in [2.45, 2.75) is 26.3 Å². The van der Waals surface area contributed by atoms with Crippen LogP contribution in [0.15, 0.2) is 18.3 Å². The molecule has 1 aromatic rings. The van der Waals surface area contributed by atoms with Gasteiger partial charge in [-0.2, -0.15) is 11.8 Å². The van der Waals surface area contributed by atoms with Crippen LogP contribution in [0.3, 0.4) is 0 Å². The van der Waals surface area contributed by atoms with Crippen molar-refractivity contribution < 1.29 is 0 Å². The molecule has 102 valence electrons. The molecule has 0 atom stereocenters. The van der Waals surface area contributed by atoms with E-state index in [0.29, 0.717) is 0 Å². The smallest absolute Gasteiger partial charge is 0.126 e. The number of pyridine rings is 1. The van der Waals surface area contributed by atoms with Gasteiger partial charge in [-0.1, -0.05) is 6.92 Å². The van der Waals surface area contributed by atoms with Gasteiger partial charge in [0.05, 0.1) is 0 Å². The zero-order valence-electron chi connectivity index (χ0n) is 11.8. The lowest BCUT2D eigenvalue weighted by Gasteiger charge is -2.16. The van der Waals surface area contributed by atoms with E-state index < -0.39 is 0 Å². The molecule has 0 aliphatic carbocycles. The van der Waals surface area contributed by atoms with Gasteiger partial charge in [0.1, 0.15) is 5.82 Å². The molecule has 0 spiro atoms. The molecule has 3 nitrogen and oxygen atoms in total. The Labute approximate surface area is 115 Å². The molecule has 0 unspecified atom stereocenters. The lowest BCUT2D eigenvalue weighted by Crippen LogP contribution is -2.19. The molecule has 18 heavy (non-hydrogen) atoms. The minimum Gasteiger partial charge on any atom is -0.370 e. The Morgan fingerprint density at radius 3 is 3.00 bits per heavy atom. The maximum absolute atomic E-state index is 4.33. The third-order valence-corrected chi connectivity index (χ3v) is 3.42. The van der Waals surface area contributed by atoms with Gasteiger partial charge in [0, 0.05) is 19.3 Å². The van der Waals surface area contributed by atoms with Crippen molar-refractivity contribution in [3.63, 3.8) is 0 Å². The van der Waals surface area contributed by atoms with Crippen LogP contribution in [0.4, 0.5) is 5.82 Å². The van der Waals surface area contributed by atoms with E-state index >= 15 is 0 Å². The summed E-state index contributed by atoms with van der Waals surface area (Å²) < 4.78 is 0. The van der Waals surface area contributed by atoms with E-state index in [-0.39, 0.29) is 0 Å². The minimum atomic E-state index is 0.986. The van der Waals surface area contributed by atoms with Crippen molar-refractivity contribution in [3.05, 3.63) is 23.9 Å². The summed E-state index contributed by atoms with van der Waals surface area (Å²) in [4.78, 5) is 6.70. The monoisotopic (exact) mass is 267 g/mol. The molecular formula is C14H25N3S. The summed E-state index contributed by atoms with van der Waals surface area (Å²) in [6.07, 6.45) is 6.43. The van der Waals surface area contributed by atoms with Gasteiger partial charge < -0.3 is 10.2 Å². The second kappa shape index (κ2) is 9.22. The molecule has 1 rings (SSSR count). The molecule has 0 saturated heterocycles. The zero-order valence-corrected chi connectivity index (χ0v) is 12.6. The topological polar surface area (TPSA) is 28.2 Å². The summed E-state index contributed by atoms with van der Waals surface area (Å²) in [5.41, 5.74) is 1.33. The predicted octanol–water partition coefficient (Wildman–Crippen LogP) is 3.09. The van der Waals surface area contributed by atoms with Crippen LogP contribution in [-0.2, 0) is 6.54 Å². The number of aromatic nitrogens is 1. The van der Waals surface area contributed by atoms with E-state index in [9.17, 15) is 0 Å². The molecule has 0 saturated carbocycles. The first-order valence-electron chi connectivity index (χ1n) is 6.62. The zero-order chi connectivity index (χ0) is 13.2. The normalized spacial score (nSPS) is 10.9. The molecule has 0 fully saturated rings. The fourth-order valence-electron chi connectivity index (χ4n) is 1.79. The maximum atomic E-state index is 4.33. The highest BCUT2D eigenvalue weighted by atomic mass is 32.2. The van der Waals surface area contributed by atoms with Crippen molar-refractivity contribution in [2.24, 2.45) is 0 Å². The van der Waals surface area contributed by atoms with E-state index in [1.54, 1.807) is 0 Å². The van der Waals surface area contributed by atoms with Crippen LogP contribution in [0, 0.1) is 0 Å². The van der Waals surface area contributed by atoms with Crippen LogP contribution in [0.1, 0.15) is 25.3 Å². The average Bonchev–Trinajstić information content (AvgIpc) is 2.37. The molecule has 0 aliphatic heterocycles. The molecular weight excluding hydrogens is 242 g/mol. The molecule has 1 aromatic heterocycles. The highest BCUT2D eigenvalue weighted by Gasteiger charge is 2.01.